The molecule has 0 radical (unpaired) electrons. The average Bonchev–Trinajstić information content (AvgIpc) is 3.45. The van der Waals surface area contributed by atoms with Crippen molar-refractivity contribution in [2.24, 2.45) is 0 Å². The number of allylic oxidation sites excluding steroid dienone is 16. The van der Waals surface area contributed by atoms with Gasteiger partial charge in [0, 0.05) is 19.3 Å². The minimum atomic E-state index is -0.795. The van der Waals surface area contributed by atoms with Crippen LogP contribution >= 0.6 is 0 Å². The first-order chi connectivity index (χ1) is 39.0. The van der Waals surface area contributed by atoms with Crippen molar-refractivity contribution < 1.29 is 28.6 Å². The van der Waals surface area contributed by atoms with Gasteiger partial charge >= 0.3 is 17.9 Å². The largest absolute Gasteiger partial charge is 0.462 e. The first-order valence-electron chi connectivity index (χ1n) is 33.7. The second-order valence-electron chi connectivity index (χ2n) is 22.4. The molecule has 6 nitrogen and oxygen atoms in total. The van der Waals surface area contributed by atoms with E-state index >= 15 is 0 Å². The van der Waals surface area contributed by atoms with Crippen LogP contribution in [-0.2, 0) is 28.6 Å². The van der Waals surface area contributed by atoms with Gasteiger partial charge in [0.1, 0.15) is 13.2 Å². The quantitative estimate of drug-likeness (QED) is 0.0261. The molecule has 0 bridgehead atoms. The highest BCUT2D eigenvalue weighted by atomic mass is 16.6. The van der Waals surface area contributed by atoms with Gasteiger partial charge in [-0.3, -0.25) is 14.4 Å². The number of ether oxygens (including phenoxy) is 3. The van der Waals surface area contributed by atoms with Gasteiger partial charge in [-0.15, -0.1) is 0 Å². The van der Waals surface area contributed by atoms with E-state index in [2.05, 4.69) is 118 Å². The van der Waals surface area contributed by atoms with Crippen molar-refractivity contribution in [3.8, 4) is 0 Å². The summed E-state index contributed by atoms with van der Waals surface area (Å²) in [6.45, 7) is 6.60. The summed E-state index contributed by atoms with van der Waals surface area (Å²) in [6, 6.07) is 0. The van der Waals surface area contributed by atoms with E-state index in [1.807, 2.05) is 0 Å². The smallest absolute Gasteiger partial charge is 0.306 e. The maximum atomic E-state index is 12.9. The molecule has 0 aliphatic rings. The molecular formula is C73H126O6. The Morgan fingerprint density at radius 2 is 0.456 bits per heavy atom. The zero-order valence-corrected chi connectivity index (χ0v) is 52.1. The minimum absolute atomic E-state index is 0.0901. The molecule has 454 valence electrons. The second-order valence-corrected chi connectivity index (χ2v) is 22.4. The Morgan fingerprint density at radius 1 is 0.253 bits per heavy atom. The average molecular weight is 1100 g/mol. The lowest BCUT2D eigenvalue weighted by molar-refractivity contribution is -0.167. The zero-order chi connectivity index (χ0) is 57.1. The van der Waals surface area contributed by atoms with Crippen LogP contribution in [-0.4, -0.2) is 37.2 Å². The number of esters is 3. The van der Waals surface area contributed by atoms with E-state index < -0.39 is 6.10 Å². The van der Waals surface area contributed by atoms with E-state index in [9.17, 15) is 14.4 Å². The predicted molar refractivity (Wildman–Crippen MR) is 344 cm³/mol. The van der Waals surface area contributed by atoms with Gasteiger partial charge in [0.2, 0.25) is 0 Å². The van der Waals surface area contributed by atoms with Gasteiger partial charge in [0.25, 0.3) is 0 Å². The van der Waals surface area contributed by atoms with E-state index in [1.54, 1.807) is 0 Å². The van der Waals surface area contributed by atoms with Crippen LogP contribution in [0.3, 0.4) is 0 Å². The molecule has 6 heteroatoms. The van der Waals surface area contributed by atoms with Gasteiger partial charge in [-0.2, -0.15) is 0 Å². The van der Waals surface area contributed by atoms with Gasteiger partial charge in [-0.25, -0.2) is 0 Å². The highest BCUT2D eigenvalue weighted by Crippen LogP contribution is 2.16. The van der Waals surface area contributed by atoms with Gasteiger partial charge in [-0.1, -0.05) is 279 Å². The molecule has 0 aromatic carbocycles. The standard InChI is InChI=1S/C73H126O6/c1-4-7-10-13-16-19-22-25-28-31-34-36-39-42-45-48-51-54-57-60-63-66-72(75)78-69-70(68-77-71(74)65-62-59-56-53-50-47-44-41-38-33-30-27-24-21-18-15-12-9-6-3)79-73(76)67-64-61-58-55-52-49-46-43-40-37-35-32-29-26-23-20-17-14-11-8-5-2/h18,21-23,25-27,30-32,34-35,38-39,41-42,70H,4-17,19-20,24,28-29,33,36-37,40,43-69H2,1-3H3/b21-18-,25-22-,26-23-,30-27-,34-31-,35-32-,41-38-,42-39-. The van der Waals surface area contributed by atoms with E-state index in [1.165, 1.54) is 186 Å². The SMILES string of the molecule is CCCCC/C=C\C/C=C\C/C=C\CCCCCCCCC(=O)OCC(COC(=O)CCCCCCCC/C=C\C/C=C\C/C=C\CCCCCCC)OC(=O)CCCCCCCCCCC/C=C\C/C=C\CCCCCCC. The fourth-order valence-electron chi connectivity index (χ4n) is 9.43. The van der Waals surface area contributed by atoms with Crippen molar-refractivity contribution in [3.63, 3.8) is 0 Å². The monoisotopic (exact) mass is 1100 g/mol. The Kier molecular flexibility index (Phi) is 63.7. The molecule has 0 amide bonds. The third-order valence-corrected chi connectivity index (χ3v) is 14.5. The van der Waals surface area contributed by atoms with Crippen LogP contribution in [0.25, 0.3) is 0 Å². The molecule has 0 aliphatic carbocycles. The topological polar surface area (TPSA) is 78.9 Å². The lowest BCUT2D eigenvalue weighted by Gasteiger charge is -2.18. The third kappa shape index (κ3) is 65.0. The highest BCUT2D eigenvalue weighted by molar-refractivity contribution is 5.71. The second kappa shape index (κ2) is 66.8. The summed E-state index contributed by atoms with van der Waals surface area (Å²) >= 11 is 0. The first kappa shape index (κ1) is 75.3. The lowest BCUT2D eigenvalue weighted by atomic mass is 10.1. The summed E-state index contributed by atoms with van der Waals surface area (Å²) in [6.07, 6.45) is 89.7. The molecule has 0 N–H and O–H groups in total. The maximum Gasteiger partial charge on any atom is 0.306 e. The Balaban J connectivity index is 4.44. The summed E-state index contributed by atoms with van der Waals surface area (Å²) in [4.78, 5) is 38.4. The van der Waals surface area contributed by atoms with Crippen LogP contribution in [0, 0.1) is 0 Å². The molecule has 0 aromatic rings. The van der Waals surface area contributed by atoms with Gasteiger partial charge in [-0.05, 0) is 128 Å². The first-order valence-corrected chi connectivity index (χ1v) is 33.7. The van der Waals surface area contributed by atoms with Crippen LogP contribution < -0.4 is 0 Å². The Morgan fingerprint density at radius 3 is 0.734 bits per heavy atom. The summed E-state index contributed by atoms with van der Waals surface area (Å²) in [7, 11) is 0. The normalized spacial score (nSPS) is 12.7. The van der Waals surface area contributed by atoms with Gasteiger partial charge in [0.05, 0.1) is 0 Å². The molecule has 0 aliphatic heterocycles. The van der Waals surface area contributed by atoms with E-state index in [-0.39, 0.29) is 31.1 Å². The van der Waals surface area contributed by atoms with Crippen molar-refractivity contribution in [1.29, 1.82) is 0 Å². The fraction of sp³-hybridized carbons (Fsp3) is 0.740. The molecular weight excluding hydrogens is 973 g/mol. The fourth-order valence-corrected chi connectivity index (χ4v) is 9.43. The summed E-state index contributed by atoms with van der Waals surface area (Å²) in [5.41, 5.74) is 0. The summed E-state index contributed by atoms with van der Waals surface area (Å²) < 4.78 is 17.0. The molecule has 0 saturated carbocycles. The van der Waals surface area contributed by atoms with E-state index in [0.29, 0.717) is 19.3 Å². The number of hydrogen-bond acceptors (Lipinski definition) is 6. The van der Waals surface area contributed by atoms with Crippen LogP contribution in [0.1, 0.15) is 329 Å². The Bertz CT molecular complexity index is 1540. The molecule has 0 fully saturated rings. The number of hydrogen-bond donors (Lipinski definition) is 0. The maximum absolute atomic E-state index is 12.9. The lowest BCUT2D eigenvalue weighted by Crippen LogP contribution is -2.30. The van der Waals surface area contributed by atoms with Crippen LogP contribution in [0.5, 0.6) is 0 Å². The molecule has 0 spiro atoms. The van der Waals surface area contributed by atoms with Crippen LogP contribution in [0.4, 0.5) is 0 Å². The molecule has 0 aromatic heterocycles. The van der Waals surface area contributed by atoms with E-state index in [0.717, 1.165) is 103 Å². The minimum Gasteiger partial charge on any atom is -0.462 e. The van der Waals surface area contributed by atoms with Crippen molar-refractivity contribution in [2.45, 2.75) is 335 Å². The summed E-state index contributed by atoms with van der Waals surface area (Å²) in [5, 5.41) is 0. The van der Waals surface area contributed by atoms with Crippen molar-refractivity contribution >= 4 is 17.9 Å². The zero-order valence-electron chi connectivity index (χ0n) is 52.1. The molecule has 1 unspecified atom stereocenters. The molecule has 0 saturated heterocycles. The molecule has 0 rings (SSSR count). The third-order valence-electron chi connectivity index (χ3n) is 14.5. The van der Waals surface area contributed by atoms with Gasteiger partial charge in [0.15, 0.2) is 6.10 Å². The van der Waals surface area contributed by atoms with Crippen molar-refractivity contribution in [1.82, 2.24) is 0 Å². The van der Waals surface area contributed by atoms with Gasteiger partial charge < -0.3 is 14.2 Å². The van der Waals surface area contributed by atoms with E-state index in [4.69, 9.17) is 14.2 Å². The Hall–Kier alpha value is -3.67. The summed E-state index contributed by atoms with van der Waals surface area (Å²) in [5.74, 6) is -0.906. The number of carbonyl (C=O) groups is 3. The molecule has 0 heterocycles. The van der Waals surface area contributed by atoms with Crippen molar-refractivity contribution in [2.75, 3.05) is 13.2 Å². The van der Waals surface area contributed by atoms with Crippen LogP contribution in [0.15, 0.2) is 97.2 Å². The number of unbranched alkanes of at least 4 members (excludes halogenated alkanes) is 34. The number of carbonyl (C=O) groups excluding carboxylic acids is 3. The molecule has 1 atom stereocenters. The number of rotatable bonds is 61. The highest BCUT2D eigenvalue weighted by Gasteiger charge is 2.19. The Labute approximate surface area is 489 Å². The molecule has 79 heavy (non-hydrogen) atoms. The predicted octanol–water partition coefficient (Wildman–Crippen LogP) is 23.2. The van der Waals surface area contributed by atoms with Crippen molar-refractivity contribution in [3.05, 3.63) is 97.2 Å². The van der Waals surface area contributed by atoms with Crippen LogP contribution in [0.2, 0.25) is 0 Å².